The first-order chi connectivity index (χ1) is 13.5. The second-order valence-electron chi connectivity index (χ2n) is 6.77. The molecule has 2 N–H and O–H groups in total. The van der Waals surface area contributed by atoms with Crippen molar-refractivity contribution in [2.75, 3.05) is 30.8 Å². The number of amides is 2. The van der Waals surface area contributed by atoms with Crippen LogP contribution in [-0.2, 0) is 22.4 Å². The fourth-order valence-corrected chi connectivity index (χ4v) is 4.63. The van der Waals surface area contributed by atoms with Crippen molar-refractivity contribution in [1.82, 2.24) is 4.90 Å². The van der Waals surface area contributed by atoms with E-state index < -0.39 is 0 Å². The monoisotopic (exact) mass is 416 g/mol. The Morgan fingerprint density at radius 2 is 2.11 bits per heavy atom. The number of anilines is 2. The summed E-state index contributed by atoms with van der Waals surface area (Å²) in [6.07, 6.45) is 3.21. The first kappa shape index (κ1) is 20.3. The van der Waals surface area contributed by atoms with Crippen LogP contribution in [-0.4, -0.2) is 36.9 Å². The van der Waals surface area contributed by atoms with Gasteiger partial charge in [0.15, 0.2) is 0 Å². The van der Waals surface area contributed by atoms with Crippen LogP contribution in [0.15, 0.2) is 24.3 Å². The van der Waals surface area contributed by atoms with Crippen LogP contribution in [0.25, 0.3) is 0 Å². The zero-order chi connectivity index (χ0) is 20.1. The quantitative estimate of drug-likeness (QED) is 0.721. The smallest absolute Gasteiger partial charge is 0.238 e. The van der Waals surface area contributed by atoms with Crippen LogP contribution in [0.4, 0.5) is 10.7 Å². The molecule has 1 heterocycles. The van der Waals surface area contributed by atoms with Gasteiger partial charge in [-0.15, -0.1) is 11.3 Å². The summed E-state index contributed by atoms with van der Waals surface area (Å²) in [7, 11) is 1.78. The van der Waals surface area contributed by atoms with E-state index in [0.717, 1.165) is 24.8 Å². The van der Waals surface area contributed by atoms with Crippen LogP contribution >= 0.6 is 22.9 Å². The molecule has 0 saturated heterocycles. The average Bonchev–Trinajstić information content (AvgIpc) is 3.20. The molecule has 1 aliphatic carbocycles. The number of fused-ring (bicyclic) bond motifs is 1. The number of benzene rings is 1. The van der Waals surface area contributed by atoms with Gasteiger partial charge in [0, 0.05) is 28.6 Å². The minimum absolute atomic E-state index is 0.154. The van der Waals surface area contributed by atoms with Crippen molar-refractivity contribution in [2.24, 2.45) is 0 Å². The number of nitrogens with one attached hydrogen (secondary N) is 2. The Labute approximate surface area is 173 Å². The molecule has 1 aromatic carbocycles. The molecule has 6 nitrogen and oxygen atoms in total. The van der Waals surface area contributed by atoms with Gasteiger partial charge in [-0.05, 0) is 50.1 Å². The first-order valence-corrected chi connectivity index (χ1v) is 10.2. The Bertz CT molecular complexity index is 935. The molecule has 2 amide bonds. The standard InChI is InChI=1S/C20H21ClN4O2S/c1-25(12-19(27)23-14-5-2-4-13(21)10-14)9-8-18(26)24-20-16(11-22)15-6-3-7-17(15)28-20/h2,4-5,10H,3,6-9,12H2,1H3,(H,23,27)(H,24,26). The van der Waals surface area contributed by atoms with Crippen molar-refractivity contribution >= 4 is 45.4 Å². The van der Waals surface area contributed by atoms with Crippen LogP contribution in [0, 0.1) is 11.3 Å². The number of thiophene rings is 1. The number of carbonyl (C=O) groups is 2. The van der Waals surface area contributed by atoms with Gasteiger partial charge < -0.3 is 10.6 Å². The zero-order valence-electron chi connectivity index (χ0n) is 15.5. The fourth-order valence-electron chi connectivity index (χ4n) is 3.18. The number of nitriles is 1. The number of likely N-dealkylation sites (N-methyl/N-ethyl adjacent to an activating group) is 1. The van der Waals surface area contributed by atoms with Gasteiger partial charge in [0.2, 0.25) is 11.8 Å². The summed E-state index contributed by atoms with van der Waals surface area (Å²) in [4.78, 5) is 27.4. The maximum atomic E-state index is 12.3. The van der Waals surface area contributed by atoms with E-state index >= 15 is 0 Å². The Kier molecular flexibility index (Phi) is 6.68. The van der Waals surface area contributed by atoms with E-state index in [1.165, 1.54) is 16.2 Å². The van der Waals surface area contributed by atoms with Gasteiger partial charge in [-0.25, -0.2) is 0 Å². The number of hydrogen-bond donors (Lipinski definition) is 2. The molecule has 1 aromatic heterocycles. The van der Waals surface area contributed by atoms with Crippen LogP contribution in [0.1, 0.15) is 28.8 Å². The highest BCUT2D eigenvalue weighted by Crippen LogP contribution is 2.38. The fraction of sp³-hybridized carbons (Fsp3) is 0.350. The number of carbonyl (C=O) groups excluding carboxylic acids is 2. The van der Waals surface area contributed by atoms with Gasteiger partial charge in [-0.3, -0.25) is 14.5 Å². The van der Waals surface area contributed by atoms with E-state index in [-0.39, 0.29) is 24.8 Å². The molecule has 0 aliphatic heterocycles. The summed E-state index contributed by atoms with van der Waals surface area (Å²) in [5.74, 6) is -0.329. The molecule has 1 aliphatic rings. The summed E-state index contributed by atoms with van der Waals surface area (Å²) < 4.78 is 0. The average molecular weight is 417 g/mol. The molecule has 0 spiro atoms. The lowest BCUT2D eigenvalue weighted by molar-refractivity contribution is -0.119. The van der Waals surface area contributed by atoms with Crippen LogP contribution in [0.2, 0.25) is 5.02 Å². The van der Waals surface area contributed by atoms with Crippen LogP contribution < -0.4 is 10.6 Å². The molecule has 0 bridgehead atoms. The second-order valence-corrected chi connectivity index (χ2v) is 8.31. The van der Waals surface area contributed by atoms with Gasteiger partial charge >= 0.3 is 0 Å². The predicted molar refractivity (Wildman–Crippen MR) is 112 cm³/mol. The molecule has 146 valence electrons. The molecular formula is C20H21ClN4O2S. The van der Waals surface area contributed by atoms with E-state index in [2.05, 4.69) is 16.7 Å². The highest BCUT2D eigenvalue weighted by molar-refractivity contribution is 7.16. The summed E-state index contributed by atoms with van der Waals surface area (Å²) in [6.45, 7) is 0.596. The third kappa shape index (κ3) is 5.10. The number of rotatable bonds is 7. The third-order valence-electron chi connectivity index (χ3n) is 4.53. The lowest BCUT2D eigenvalue weighted by atomic mass is 10.1. The lowest BCUT2D eigenvalue weighted by Crippen LogP contribution is -2.32. The topological polar surface area (TPSA) is 85.2 Å². The zero-order valence-corrected chi connectivity index (χ0v) is 17.1. The number of nitrogens with zero attached hydrogens (tertiary/aromatic N) is 2. The molecule has 0 fully saturated rings. The van der Waals surface area contributed by atoms with E-state index in [0.29, 0.717) is 27.8 Å². The first-order valence-electron chi connectivity index (χ1n) is 9.04. The van der Waals surface area contributed by atoms with Crippen LogP contribution in [0.5, 0.6) is 0 Å². The molecular weight excluding hydrogens is 396 g/mol. The van der Waals surface area contributed by atoms with Crippen LogP contribution in [0.3, 0.4) is 0 Å². The largest absolute Gasteiger partial charge is 0.325 e. The van der Waals surface area contributed by atoms with Gasteiger partial charge in [0.25, 0.3) is 0 Å². The minimum Gasteiger partial charge on any atom is -0.325 e. The van der Waals surface area contributed by atoms with Gasteiger partial charge in [-0.1, -0.05) is 17.7 Å². The van der Waals surface area contributed by atoms with E-state index in [9.17, 15) is 14.9 Å². The van der Waals surface area contributed by atoms with Crippen molar-refractivity contribution in [3.8, 4) is 6.07 Å². The highest BCUT2D eigenvalue weighted by Gasteiger charge is 2.23. The Morgan fingerprint density at radius 1 is 1.29 bits per heavy atom. The summed E-state index contributed by atoms with van der Waals surface area (Å²) >= 11 is 7.41. The summed E-state index contributed by atoms with van der Waals surface area (Å²) in [5.41, 5.74) is 2.34. The second kappa shape index (κ2) is 9.20. The maximum absolute atomic E-state index is 12.3. The SMILES string of the molecule is CN(CCC(=O)Nc1sc2c(c1C#N)CCC2)CC(=O)Nc1cccc(Cl)c1. The van der Waals surface area contributed by atoms with E-state index in [1.807, 2.05) is 0 Å². The molecule has 2 aromatic rings. The number of hydrogen-bond acceptors (Lipinski definition) is 5. The number of halogens is 1. The maximum Gasteiger partial charge on any atom is 0.238 e. The van der Waals surface area contributed by atoms with Crippen molar-refractivity contribution in [3.05, 3.63) is 45.3 Å². The lowest BCUT2D eigenvalue weighted by Gasteiger charge is -2.16. The minimum atomic E-state index is -0.174. The van der Waals surface area contributed by atoms with Gasteiger partial charge in [0.1, 0.15) is 11.1 Å². The highest BCUT2D eigenvalue weighted by atomic mass is 35.5. The van der Waals surface area contributed by atoms with E-state index in [1.54, 1.807) is 36.2 Å². The normalized spacial score (nSPS) is 12.5. The van der Waals surface area contributed by atoms with Gasteiger partial charge in [-0.2, -0.15) is 5.26 Å². The van der Waals surface area contributed by atoms with E-state index in [4.69, 9.17) is 11.6 Å². The summed E-state index contributed by atoms with van der Waals surface area (Å²) in [5, 5.41) is 16.2. The van der Waals surface area contributed by atoms with Crippen molar-refractivity contribution in [1.29, 1.82) is 5.26 Å². The van der Waals surface area contributed by atoms with Crippen molar-refractivity contribution < 1.29 is 9.59 Å². The molecule has 0 atom stereocenters. The summed E-state index contributed by atoms with van der Waals surface area (Å²) in [6, 6.07) is 9.17. The number of aryl methyl sites for hydroxylation is 1. The molecule has 3 rings (SSSR count). The molecule has 28 heavy (non-hydrogen) atoms. The molecule has 0 saturated carbocycles. The van der Waals surface area contributed by atoms with Crippen molar-refractivity contribution in [3.63, 3.8) is 0 Å². The molecule has 8 heteroatoms. The molecule has 0 unspecified atom stereocenters. The Hall–Kier alpha value is -2.40. The Balaban J connectivity index is 1.45. The third-order valence-corrected chi connectivity index (χ3v) is 5.97. The van der Waals surface area contributed by atoms with Gasteiger partial charge in [0.05, 0.1) is 12.1 Å². The predicted octanol–water partition coefficient (Wildman–Crippen LogP) is 3.66. The molecule has 0 radical (unpaired) electrons. The van der Waals surface area contributed by atoms with Crippen molar-refractivity contribution in [2.45, 2.75) is 25.7 Å². The Morgan fingerprint density at radius 3 is 2.86 bits per heavy atom.